The molecule has 0 N–H and O–H groups in total. The van der Waals surface area contributed by atoms with E-state index in [2.05, 4.69) is 25.8 Å². The Morgan fingerprint density at radius 3 is 2.68 bits per heavy atom. The average Bonchev–Trinajstić information content (AvgIpc) is 2.72. The molecule has 2 bridgehead atoms. The Bertz CT molecular complexity index is 534. The maximum Gasteiger partial charge on any atom is 0.120 e. The summed E-state index contributed by atoms with van der Waals surface area (Å²) in [4.78, 5) is 2.59. The zero-order valence-electron chi connectivity index (χ0n) is 13.6. The molecule has 0 saturated carbocycles. The monoisotopic (exact) mass is 341 g/mol. The van der Waals surface area contributed by atoms with Crippen molar-refractivity contribution in [1.82, 2.24) is 4.90 Å². The smallest absolute Gasteiger partial charge is 0.120 e. The molecule has 2 heterocycles. The molecule has 0 radical (unpaired) electrons. The molecule has 1 aromatic rings. The minimum Gasteiger partial charge on any atom is -0.493 e. The van der Waals surface area contributed by atoms with E-state index in [0.717, 1.165) is 24.3 Å². The highest BCUT2D eigenvalue weighted by Crippen LogP contribution is 2.44. The van der Waals surface area contributed by atoms with E-state index in [0.29, 0.717) is 27.9 Å². The van der Waals surface area contributed by atoms with Crippen LogP contribution in [0.2, 0.25) is 10.0 Å². The van der Waals surface area contributed by atoms with Crippen molar-refractivity contribution in [1.29, 1.82) is 0 Å². The fourth-order valence-corrected chi connectivity index (χ4v) is 4.66. The van der Waals surface area contributed by atoms with Gasteiger partial charge in [0.15, 0.2) is 0 Å². The summed E-state index contributed by atoms with van der Waals surface area (Å²) in [6, 6.07) is 6.96. The molecule has 4 atom stereocenters. The lowest BCUT2D eigenvalue weighted by atomic mass is 9.74. The van der Waals surface area contributed by atoms with E-state index in [1.807, 2.05) is 12.1 Å². The van der Waals surface area contributed by atoms with Crippen molar-refractivity contribution in [3.05, 3.63) is 28.2 Å². The fourth-order valence-electron chi connectivity index (χ4n) is 4.38. The van der Waals surface area contributed by atoms with Gasteiger partial charge in [0.1, 0.15) is 5.75 Å². The van der Waals surface area contributed by atoms with Crippen LogP contribution in [0.5, 0.6) is 5.75 Å². The number of ether oxygens (including phenoxy) is 1. The van der Waals surface area contributed by atoms with Crippen LogP contribution < -0.4 is 4.74 Å². The second kappa shape index (κ2) is 6.59. The number of piperidine rings is 1. The highest BCUT2D eigenvalue weighted by atomic mass is 35.5. The molecular weight excluding hydrogens is 317 g/mol. The lowest BCUT2D eigenvalue weighted by Crippen LogP contribution is -2.49. The fraction of sp³-hybridized carbons (Fsp3) is 0.667. The van der Waals surface area contributed by atoms with E-state index in [9.17, 15) is 0 Å². The van der Waals surface area contributed by atoms with Crippen LogP contribution in [0.4, 0.5) is 0 Å². The molecule has 2 saturated heterocycles. The van der Waals surface area contributed by atoms with Crippen LogP contribution in [0.3, 0.4) is 0 Å². The van der Waals surface area contributed by atoms with Crippen LogP contribution in [-0.4, -0.2) is 30.6 Å². The van der Waals surface area contributed by atoms with Gasteiger partial charge in [-0.1, -0.05) is 37.0 Å². The van der Waals surface area contributed by atoms with E-state index in [1.165, 1.54) is 19.3 Å². The predicted molar refractivity (Wildman–Crippen MR) is 93.0 cm³/mol. The van der Waals surface area contributed by atoms with E-state index in [4.69, 9.17) is 27.9 Å². The lowest BCUT2D eigenvalue weighted by molar-refractivity contribution is 0.0182. The molecule has 3 rings (SSSR count). The molecule has 2 aliphatic rings. The van der Waals surface area contributed by atoms with Gasteiger partial charge in [-0.3, -0.25) is 0 Å². The SMILES string of the molecule is CC(C)[C@H]1C[C@H]2CC[C@@H]([C@H]1COc1ccc(Cl)c(Cl)c1)N2C. The maximum atomic E-state index is 6.09. The molecule has 122 valence electrons. The molecule has 1 aromatic carbocycles. The number of rotatable bonds is 4. The third-order valence-corrected chi connectivity index (χ3v) is 6.41. The summed E-state index contributed by atoms with van der Waals surface area (Å²) < 4.78 is 6.09. The minimum atomic E-state index is 0.557. The van der Waals surface area contributed by atoms with E-state index in [1.54, 1.807) is 6.07 Å². The van der Waals surface area contributed by atoms with Gasteiger partial charge in [-0.15, -0.1) is 0 Å². The van der Waals surface area contributed by atoms with Crippen molar-refractivity contribution in [3.63, 3.8) is 0 Å². The highest BCUT2D eigenvalue weighted by Gasteiger charge is 2.46. The van der Waals surface area contributed by atoms with Crippen LogP contribution >= 0.6 is 23.2 Å². The quantitative estimate of drug-likeness (QED) is 0.752. The Morgan fingerprint density at radius 2 is 2.00 bits per heavy atom. The zero-order valence-corrected chi connectivity index (χ0v) is 15.1. The standard InChI is InChI=1S/C18H25Cl2NO/c1-11(2)14-8-12-4-7-18(21(12)3)15(14)10-22-13-5-6-16(19)17(20)9-13/h5-6,9,11-12,14-15,18H,4,7-8,10H2,1-3H3/t12-,14-,15+,18+/m1/s1. The predicted octanol–water partition coefficient (Wildman–Crippen LogP) is 5.13. The van der Waals surface area contributed by atoms with Gasteiger partial charge < -0.3 is 9.64 Å². The molecule has 4 heteroatoms. The first-order valence-electron chi connectivity index (χ1n) is 8.27. The van der Waals surface area contributed by atoms with Crippen molar-refractivity contribution in [2.45, 2.75) is 45.2 Å². The third-order valence-electron chi connectivity index (χ3n) is 5.67. The zero-order chi connectivity index (χ0) is 15.9. The second-order valence-corrected chi connectivity index (χ2v) is 7.97. The van der Waals surface area contributed by atoms with Crippen LogP contribution in [-0.2, 0) is 0 Å². The van der Waals surface area contributed by atoms with Crippen molar-refractivity contribution >= 4 is 23.2 Å². The van der Waals surface area contributed by atoms with Crippen LogP contribution in [0.15, 0.2) is 18.2 Å². The largest absolute Gasteiger partial charge is 0.493 e. The maximum absolute atomic E-state index is 6.09. The van der Waals surface area contributed by atoms with E-state index in [-0.39, 0.29) is 0 Å². The average molecular weight is 342 g/mol. The minimum absolute atomic E-state index is 0.557. The molecule has 2 nitrogen and oxygen atoms in total. The Morgan fingerprint density at radius 1 is 1.23 bits per heavy atom. The normalized spacial score (nSPS) is 31.7. The molecule has 2 aliphatic heterocycles. The number of hydrogen-bond donors (Lipinski definition) is 0. The first-order valence-corrected chi connectivity index (χ1v) is 9.02. The molecule has 22 heavy (non-hydrogen) atoms. The highest BCUT2D eigenvalue weighted by molar-refractivity contribution is 6.42. The van der Waals surface area contributed by atoms with Crippen molar-refractivity contribution in [2.24, 2.45) is 17.8 Å². The van der Waals surface area contributed by atoms with Gasteiger partial charge in [-0.25, -0.2) is 0 Å². The molecular formula is C18H25Cl2NO. The molecule has 2 fully saturated rings. The number of nitrogens with zero attached hydrogens (tertiary/aromatic N) is 1. The molecule has 0 spiro atoms. The number of benzene rings is 1. The van der Waals surface area contributed by atoms with Gasteiger partial charge >= 0.3 is 0 Å². The Labute approximate surface area is 143 Å². The van der Waals surface area contributed by atoms with E-state index >= 15 is 0 Å². The summed E-state index contributed by atoms with van der Waals surface area (Å²) >= 11 is 12.1. The number of halogens is 2. The van der Waals surface area contributed by atoms with Gasteiger partial charge in [-0.2, -0.15) is 0 Å². The van der Waals surface area contributed by atoms with Gasteiger partial charge in [0.2, 0.25) is 0 Å². The van der Waals surface area contributed by atoms with Crippen molar-refractivity contribution in [3.8, 4) is 5.75 Å². The van der Waals surface area contributed by atoms with Crippen LogP contribution in [0.25, 0.3) is 0 Å². The summed E-state index contributed by atoms with van der Waals surface area (Å²) in [5, 5.41) is 1.13. The van der Waals surface area contributed by atoms with Crippen LogP contribution in [0, 0.1) is 17.8 Å². The van der Waals surface area contributed by atoms with E-state index < -0.39 is 0 Å². The Balaban J connectivity index is 1.72. The van der Waals surface area contributed by atoms with Crippen molar-refractivity contribution in [2.75, 3.05) is 13.7 Å². The van der Waals surface area contributed by atoms with Gasteiger partial charge in [0.05, 0.1) is 16.7 Å². The first kappa shape index (κ1) is 16.4. The van der Waals surface area contributed by atoms with Gasteiger partial charge in [-0.05, 0) is 50.3 Å². The molecule has 0 aliphatic carbocycles. The van der Waals surface area contributed by atoms with Gasteiger partial charge in [0, 0.05) is 24.1 Å². The first-order chi connectivity index (χ1) is 10.5. The van der Waals surface area contributed by atoms with Crippen LogP contribution in [0.1, 0.15) is 33.1 Å². The summed E-state index contributed by atoms with van der Waals surface area (Å²) in [7, 11) is 2.28. The topological polar surface area (TPSA) is 12.5 Å². The molecule has 0 aromatic heterocycles. The molecule has 0 amide bonds. The third kappa shape index (κ3) is 3.11. The summed E-state index contributed by atoms with van der Waals surface area (Å²) in [5.74, 6) is 2.87. The Hall–Kier alpha value is -0.440. The second-order valence-electron chi connectivity index (χ2n) is 7.16. The van der Waals surface area contributed by atoms with Gasteiger partial charge in [0.25, 0.3) is 0 Å². The molecule has 0 unspecified atom stereocenters. The summed E-state index contributed by atoms with van der Waals surface area (Å²) in [6.45, 7) is 5.46. The number of hydrogen-bond acceptors (Lipinski definition) is 2. The summed E-state index contributed by atoms with van der Waals surface area (Å²) in [6.07, 6.45) is 3.95. The summed E-state index contributed by atoms with van der Waals surface area (Å²) in [5.41, 5.74) is 0. The number of fused-ring (bicyclic) bond motifs is 2. The lowest BCUT2D eigenvalue weighted by Gasteiger charge is -2.44. The Kier molecular flexibility index (Phi) is 4.92. The van der Waals surface area contributed by atoms with Crippen molar-refractivity contribution < 1.29 is 4.74 Å².